The molecule has 1 aliphatic carbocycles. The van der Waals surface area contributed by atoms with Gasteiger partial charge in [-0.3, -0.25) is 0 Å². The molecule has 148 valence electrons. The third-order valence-corrected chi connectivity index (χ3v) is 5.82. The van der Waals surface area contributed by atoms with E-state index in [1.54, 1.807) is 18.2 Å². The van der Waals surface area contributed by atoms with E-state index in [4.69, 9.17) is 14.5 Å². The predicted molar refractivity (Wildman–Crippen MR) is 113 cm³/mol. The number of hydrogen-bond donors (Lipinski definition) is 1. The zero-order valence-corrected chi connectivity index (χ0v) is 16.6. The summed E-state index contributed by atoms with van der Waals surface area (Å²) in [4.78, 5) is 9.31. The molecule has 0 amide bonds. The maximum absolute atomic E-state index is 10.0. The van der Waals surface area contributed by atoms with E-state index in [-0.39, 0.29) is 17.9 Å². The van der Waals surface area contributed by atoms with Gasteiger partial charge in [-0.2, -0.15) is 0 Å². The molecular formula is C24H24N2O3. The topological polar surface area (TPSA) is 63.9 Å². The van der Waals surface area contributed by atoms with E-state index in [1.807, 2.05) is 36.4 Å². The van der Waals surface area contributed by atoms with Crippen LogP contribution in [0.1, 0.15) is 38.7 Å². The van der Waals surface area contributed by atoms with Crippen LogP contribution < -0.4 is 4.74 Å². The van der Waals surface area contributed by atoms with Gasteiger partial charge in [-0.05, 0) is 55.0 Å². The summed E-state index contributed by atoms with van der Waals surface area (Å²) < 4.78 is 12.1. The Labute approximate surface area is 170 Å². The van der Waals surface area contributed by atoms with E-state index in [9.17, 15) is 5.11 Å². The van der Waals surface area contributed by atoms with Crippen LogP contribution in [0.15, 0.2) is 59.6 Å². The van der Waals surface area contributed by atoms with Crippen LogP contribution >= 0.6 is 0 Å². The van der Waals surface area contributed by atoms with Gasteiger partial charge in [0.15, 0.2) is 0 Å². The minimum absolute atomic E-state index is 0.140. The molecule has 0 unspecified atom stereocenters. The van der Waals surface area contributed by atoms with E-state index >= 15 is 0 Å². The van der Waals surface area contributed by atoms with Crippen molar-refractivity contribution in [2.24, 2.45) is 10.4 Å². The fourth-order valence-electron chi connectivity index (χ4n) is 4.24. The summed E-state index contributed by atoms with van der Waals surface area (Å²) in [6, 6.07) is 17.0. The van der Waals surface area contributed by atoms with Gasteiger partial charge in [0.25, 0.3) is 0 Å². The number of phenolic OH excluding ortho intramolecular Hbond substituents is 1. The lowest BCUT2D eigenvalue weighted by Crippen LogP contribution is -2.34. The minimum Gasteiger partial charge on any atom is -0.506 e. The number of ether oxygens (including phenoxy) is 2. The normalized spacial score (nSPS) is 22.6. The number of phenols is 1. The molecule has 5 heteroatoms. The Balaban J connectivity index is 1.39. The predicted octanol–water partition coefficient (Wildman–Crippen LogP) is 5.46. The van der Waals surface area contributed by atoms with Crippen molar-refractivity contribution in [3.05, 3.63) is 60.2 Å². The summed E-state index contributed by atoms with van der Waals surface area (Å²) >= 11 is 0. The Hall–Kier alpha value is -3.08. The van der Waals surface area contributed by atoms with Crippen molar-refractivity contribution in [2.75, 3.05) is 0 Å². The van der Waals surface area contributed by atoms with Gasteiger partial charge in [0.05, 0.1) is 6.04 Å². The number of aromatic hydroxyl groups is 1. The molecule has 1 saturated carbocycles. The largest absolute Gasteiger partial charge is 0.506 e. The number of aliphatic imine (C=N–C) groups is 1. The van der Waals surface area contributed by atoms with Crippen molar-refractivity contribution < 1.29 is 14.6 Å². The molecule has 1 aromatic heterocycles. The van der Waals surface area contributed by atoms with Crippen molar-refractivity contribution in [1.82, 2.24) is 4.98 Å². The molecule has 5 rings (SSSR count). The maximum Gasteiger partial charge on any atom is 0.219 e. The zero-order valence-electron chi connectivity index (χ0n) is 16.6. The van der Waals surface area contributed by atoms with Gasteiger partial charge in [0.2, 0.25) is 11.8 Å². The zero-order chi connectivity index (χ0) is 20.0. The Morgan fingerprint density at radius 3 is 2.86 bits per heavy atom. The van der Waals surface area contributed by atoms with Crippen molar-refractivity contribution in [1.29, 1.82) is 0 Å². The summed E-state index contributed by atoms with van der Waals surface area (Å²) in [7, 11) is 0. The molecule has 5 nitrogen and oxygen atoms in total. The third kappa shape index (κ3) is 3.53. The number of benzene rings is 2. The summed E-state index contributed by atoms with van der Waals surface area (Å²) in [5, 5.41) is 10.9. The first-order valence-electron chi connectivity index (χ1n) is 10.1. The smallest absolute Gasteiger partial charge is 0.219 e. The second-order valence-electron chi connectivity index (χ2n) is 8.69. The van der Waals surface area contributed by atoms with Gasteiger partial charge in [-0.15, -0.1) is 0 Å². The lowest BCUT2D eigenvalue weighted by molar-refractivity contribution is 0.0942. The maximum atomic E-state index is 10.0. The van der Waals surface area contributed by atoms with Crippen LogP contribution in [0.5, 0.6) is 17.4 Å². The van der Waals surface area contributed by atoms with Gasteiger partial charge >= 0.3 is 0 Å². The first kappa shape index (κ1) is 18.0. The molecule has 29 heavy (non-hydrogen) atoms. The highest BCUT2D eigenvalue weighted by Gasteiger charge is 2.40. The van der Waals surface area contributed by atoms with Crippen LogP contribution in [0.2, 0.25) is 0 Å². The first-order chi connectivity index (χ1) is 14.0. The first-order valence-corrected chi connectivity index (χ1v) is 10.1. The standard InChI is InChI=1S/C24H24N2O3/c1-24(2)12-11-20-18(14-24)25-23(29-20)16-6-3-7-17(13-16)28-21-10-9-15-5-4-8-19(27)22(15)26-21/h3-10,13,18,20,27H,11-12,14H2,1-2H3/t18-,20-/m0/s1. The van der Waals surface area contributed by atoms with Crippen LogP contribution in [0.3, 0.4) is 0 Å². The monoisotopic (exact) mass is 388 g/mol. The summed E-state index contributed by atoms with van der Waals surface area (Å²) in [6.45, 7) is 4.61. The summed E-state index contributed by atoms with van der Waals surface area (Å²) in [6.07, 6.45) is 3.46. The lowest BCUT2D eigenvalue weighted by atomic mass is 9.74. The summed E-state index contributed by atoms with van der Waals surface area (Å²) in [5.74, 6) is 1.93. The number of para-hydroxylation sites is 1. The molecule has 2 atom stereocenters. The molecule has 3 aromatic rings. The van der Waals surface area contributed by atoms with Gasteiger partial charge < -0.3 is 14.6 Å². The van der Waals surface area contributed by atoms with E-state index in [0.717, 1.165) is 23.8 Å². The number of hydrogen-bond acceptors (Lipinski definition) is 5. The fraction of sp³-hybridized carbons (Fsp3) is 0.333. The summed E-state index contributed by atoms with van der Waals surface area (Å²) in [5.41, 5.74) is 1.76. The van der Waals surface area contributed by atoms with Crippen LogP contribution in [0.4, 0.5) is 0 Å². The van der Waals surface area contributed by atoms with Crippen LogP contribution in [-0.2, 0) is 4.74 Å². The van der Waals surface area contributed by atoms with E-state index in [0.29, 0.717) is 28.5 Å². The number of aromatic nitrogens is 1. The van der Waals surface area contributed by atoms with Gasteiger partial charge in [0, 0.05) is 17.0 Å². The van der Waals surface area contributed by atoms with E-state index < -0.39 is 0 Å². The highest BCUT2D eigenvalue weighted by Crippen LogP contribution is 2.41. The molecule has 0 saturated heterocycles. The quantitative estimate of drug-likeness (QED) is 0.647. The van der Waals surface area contributed by atoms with Gasteiger partial charge in [-0.25, -0.2) is 9.98 Å². The highest BCUT2D eigenvalue weighted by atomic mass is 16.5. The number of fused-ring (bicyclic) bond motifs is 2. The van der Waals surface area contributed by atoms with Crippen LogP contribution in [0, 0.1) is 5.41 Å². The minimum atomic E-state index is 0.140. The van der Waals surface area contributed by atoms with Crippen molar-refractivity contribution in [2.45, 2.75) is 45.3 Å². The van der Waals surface area contributed by atoms with E-state index in [2.05, 4.69) is 18.8 Å². The van der Waals surface area contributed by atoms with Crippen molar-refractivity contribution in [3.8, 4) is 17.4 Å². The number of pyridine rings is 1. The lowest BCUT2D eigenvalue weighted by Gasteiger charge is -2.35. The molecular weight excluding hydrogens is 364 g/mol. The van der Waals surface area contributed by atoms with Crippen molar-refractivity contribution >= 4 is 16.8 Å². The molecule has 0 radical (unpaired) electrons. The average molecular weight is 388 g/mol. The Morgan fingerprint density at radius 2 is 1.97 bits per heavy atom. The van der Waals surface area contributed by atoms with Crippen LogP contribution in [0.25, 0.3) is 10.9 Å². The molecule has 2 aromatic carbocycles. The molecule has 1 aliphatic heterocycles. The number of rotatable bonds is 3. The van der Waals surface area contributed by atoms with Crippen LogP contribution in [-0.4, -0.2) is 28.1 Å². The molecule has 0 spiro atoms. The van der Waals surface area contributed by atoms with E-state index in [1.165, 1.54) is 6.42 Å². The molecule has 2 aliphatic rings. The SMILES string of the molecule is CC1(C)CC[C@@H]2OC(c3cccc(Oc4ccc5cccc(O)c5n4)c3)=N[C@H]2C1. The molecule has 2 heterocycles. The second-order valence-corrected chi connectivity index (χ2v) is 8.69. The van der Waals surface area contributed by atoms with Crippen molar-refractivity contribution in [3.63, 3.8) is 0 Å². The van der Waals surface area contributed by atoms with Gasteiger partial charge in [0.1, 0.15) is 23.1 Å². The third-order valence-electron chi connectivity index (χ3n) is 5.82. The average Bonchev–Trinajstić information content (AvgIpc) is 3.11. The Bertz CT molecular complexity index is 1110. The molecule has 0 bridgehead atoms. The number of nitrogens with zero attached hydrogens (tertiary/aromatic N) is 2. The van der Waals surface area contributed by atoms with Gasteiger partial charge in [-0.1, -0.05) is 32.0 Å². The Morgan fingerprint density at radius 1 is 1.10 bits per heavy atom. The Kier molecular flexibility index (Phi) is 4.19. The molecule has 1 fully saturated rings. The second kappa shape index (κ2) is 6.76. The molecule has 1 N–H and O–H groups in total. The fourth-order valence-corrected chi connectivity index (χ4v) is 4.24. The highest BCUT2D eigenvalue weighted by molar-refractivity contribution is 5.95.